The zero-order valence-electron chi connectivity index (χ0n) is 19.9. The molecule has 7 nitrogen and oxygen atoms in total. The molecule has 3 heterocycles. The minimum atomic E-state index is -0.0308. The highest BCUT2D eigenvalue weighted by atomic mass is 32.1. The first-order valence-electron chi connectivity index (χ1n) is 12.7. The highest BCUT2D eigenvalue weighted by molar-refractivity contribution is 7.13. The highest BCUT2D eigenvalue weighted by Crippen LogP contribution is 2.34. The molecule has 1 N–H and O–H groups in total. The van der Waals surface area contributed by atoms with Crippen molar-refractivity contribution in [1.29, 1.82) is 0 Å². The van der Waals surface area contributed by atoms with Gasteiger partial charge in [0, 0.05) is 50.2 Å². The molecule has 35 heavy (non-hydrogen) atoms. The van der Waals surface area contributed by atoms with Crippen LogP contribution in [0, 0.1) is 11.8 Å². The van der Waals surface area contributed by atoms with Crippen LogP contribution in [0.2, 0.25) is 0 Å². The first-order valence-corrected chi connectivity index (χ1v) is 13.5. The highest BCUT2D eigenvalue weighted by Gasteiger charge is 2.29. The lowest BCUT2D eigenvalue weighted by Crippen LogP contribution is -2.49. The van der Waals surface area contributed by atoms with Crippen LogP contribution in [-0.2, 0) is 0 Å². The van der Waals surface area contributed by atoms with Gasteiger partial charge in [-0.1, -0.05) is 25.0 Å². The van der Waals surface area contributed by atoms with Crippen LogP contribution in [-0.4, -0.2) is 61.2 Å². The summed E-state index contributed by atoms with van der Waals surface area (Å²) < 4.78 is 16.8. The summed E-state index contributed by atoms with van der Waals surface area (Å²) in [6.45, 7) is 6.26. The molecule has 2 fully saturated rings. The Kier molecular flexibility index (Phi) is 6.48. The maximum atomic E-state index is 12.8. The molecule has 184 valence electrons. The standard InChI is InChI=1S/C27H32N4O3S/c32-27(19-9-10-23-24(15-19)34-18-33-23)28-16-20-5-1-2-6-21(20)17-30-11-13-31(14-12-30)26-22-7-3-4-8-25(22)35-29-26/h3-4,7-10,15,20-21H,1-2,5-6,11-14,16-18H2,(H,28,32)/t20-,21+/m0/s1. The normalized spacial score (nSPS) is 22.5. The van der Waals surface area contributed by atoms with Crippen molar-refractivity contribution in [1.82, 2.24) is 14.6 Å². The van der Waals surface area contributed by atoms with E-state index < -0.39 is 0 Å². The fourth-order valence-electron chi connectivity index (χ4n) is 5.73. The number of carbonyl (C=O) groups is 1. The summed E-state index contributed by atoms with van der Waals surface area (Å²) >= 11 is 1.60. The average molecular weight is 493 g/mol. The molecule has 1 aromatic heterocycles. The van der Waals surface area contributed by atoms with E-state index in [1.807, 2.05) is 12.1 Å². The zero-order chi connectivity index (χ0) is 23.6. The molecule has 2 aromatic carbocycles. The second kappa shape index (κ2) is 10.0. The van der Waals surface area contributed by atoms with Gasteiger partial charge in [0.25, 0.3) is 5.91 Å². The Morgan fingerprint density at radius 2 is 1.80 bits per heavy atom. The number of amides is 1. The van der Waals surface area contributed by atoms with Crippen molar-refractivity contribution >= 4 is 33.3 Å². The van der Waals surface area contributed by atoms with Crippen LogP contribution in [0.1, 0.15) is 36.0 Å². The van der Waals surface area contributed by atoms with Crippen molar-refractivity contribution in [3.05, 3.63) is 48.0 Å². The Labute approximate surface area is 210 Å². The van der Waals surface area contributed by atoms with Gasteiger partial charge in [0.2, 0.25) is 6.79 Å². The van der Waals surface area contributed by atoms with Gasteiger partial charge in [-0.3, -0.25) is 9.69 Å². The molecular weight excluding hydrogens is 460 g/mol. The number of carbonyl (C=O) groups excluding carboxylic acids is 1. The third-order valence-electron chi connectivity index (χ3n) is 7.75. The van der Waals surface area contributed by atoms with Crippen LogP contribution in [0.25, 0.3) is 10.1 Å². The number of anilines is 1. The molecule has 0 bridgehead atoms. The number of rotatable bonds is 6. The molecule has 8 heteroatoms. The number of nitrogens with zero attached hydrogens (tertiary/aromatic N) is 3. The lowest BCUT2D eigenvalue weighted by Gasteiger charge is -2.40. The first kappa shape index (κ1) is 22.6. The van der Waals surface area contributed by atoms with Crippen molar-refractivity contribution in [3.8, 4) is 11.5 Å². The second-order valence-electron chi connectivity index (χ2n) is 9.87. The summed E-state index contributed by atoms with van der Waals surface area (Å²) in [5, 5.41) is 4.48. The molecule has 2 atom stereocenters. The van der Waals surface area contributed by atoms with Crippen LogP contribution in [0.4, 0.5) is 5.82 Å². The van der Waals surface area contributed by atoms with Crippen molar-refractivity contribution in [2.24, 2.45) is 11.8 Å². The Morgan fingerprint density at radius 3 is 2.69 bits per heavy atom. The van der Waals surface area contributed by atoms with E-state index in [-0.39, 0.29) is 12.7 Å². The molecule has 1 amide bonds. The molecule has 2 aliphatic heterocycles. The second-order valence-corrected chi connectivity index (χ2v) is 10.7. The molecule has 6 rings (SSSR count). The van der Waals surface area contributed by atoms with Gasteiger partial charge in [-0.15, -0.1) is 0 Å². The van der Waals surface area contributed by atoms with E-state index in [0.29, 0.717) is 28.9 Å². The minimum absolute atomic E-state index is 0.0308. The van der Waals surface area contributed by atoms with E-state index in [2.05, 4.69) is 39.4 Å². The van der Waals surface area contributed by atoms with E-state index in [9.17, 15) is 4.79 Å². The zero-order valence-corrected chi connectivity index (χ0v) is 20.8. The number of nitrogens with one attached hydrogen (secondary N) is 1. The van der Waals surface area contributed by atoms with Crippen LogP contribution >= 0.6 is 11.5 Å². The van der Waals surface area contributed by atoms with E-state index in [1.165, 1.54) is 35.8 Å². The van der Waals surface area contributed by atoms with Gasteiger partial charge in [0.1, 0.15) is 5.82 Å². The van der Waals surface area contributed by atoms with Crippen molar-refractivity contribution in [3.63, 3.8) is 0 Å². The van der Waals surface area contributed by atoms with Gasteiger partial charge in [-0.2, -0.15) is 4.37 Å². The van der Waals surface area contributed by atoms with Crippen molar-refractivity contribution in [2.45, 2.75) is 25.7 Å². The van der Waals surface area contributed by atoms with Crippen molar-refractivity contribution < 1.29 is 14.3 Å². The third kappa shape index (κ3) is 4.82. The Morgan fingerprint density at radius 1 is 1.00 bits per heavy atom. The predicted molar refractivity (Wildman–Crippen MR) is 139 cm³/mol. The van der Waals surface area contributed by atoms with E-state index in [4.69, 9.17) is 13.8 Å². The monoisotopic (exact) mass is 492 g/mol. The van der Waals surface area contributed by atoms with Gasteiger partial charge >= 0.3 is 0 Å². The van der Waals surface area contributed by atoms with E-state index >= 15 is 0 Å². The van der Waals surface area contributed by atoms with E-state index in [1.54, 1.807) is 17.6 Å². The SMILES string of the molecule is O=C(NC[C@@H]1CCCC[C@@H]1CN1CCN(c2nsc3ccccc23)CC1)c1ccc2c(c1)OCO2. The number of hydrogen-bond acceptors (Lipinski definition) is 7. The smallest absolute Gasteiger partial charge is 0.251 e. The maximum absolute atomic E-state index is 12.8. The van der Waals surface area contributed by atoms with Crippen LogP contribution in [0.5, 0.6) is 11.5 Å². The largest absolute Gasteiger partial charge is 0.454 e. The first-order chi connectivity index (χ1) is 17.2. The lowest BCUT2D eigenvalue weighted by atomic mass is 9.78. The molecule has 0 spiro atoms. The summed E-state index contributed by atoms with van der Waals surface area (Å²) in [7, 11) is 0. The molecule has 3 aliphatic rings. The summed E-state index contributed by atoms with van der Waals surface area (Å²) in [5.74, 6) is 3.63. The summed E-state index contributed by atoms with van der Waals surface area (Å²) in [5.41, 5.74) is 0.632. The fourth-order valence-corrected chi connectivity index (χ4v) is 6.53. The number of ether oxygens (including phenoxy) is 2. The van der Waals surface area contributed by atoms with Crippen molar-refractivity contribution in [2.75, 3.05) is 51.0 Å². The maximum Gasteiger partial charge on any atom is 0.251 e. The van der Waals surface area contributed by atoms with E-state index in [0.717, 1.165) is 45.1 Å². The Balaban J connectivity index is 1.02. The lowest BCUT2D eigenvalue weighted by molar-refractivity contribution is 0.0919. The number of hydrogen-bond donors (Lipinski definition) is 1. The van der Waals surface area contributed by atoms with Gasteiger partial charge < -0.3 is 19.7 Å². The molecular formula is C27H32N4O3S. The number of benzene rings is 2. The minimum Gasteiger partial charge on any atom is -0.454 e. The molecule has 1 aliphatic carbocycles. The topological polar surface area (TPSA) is 66.9 Å². The summed E-state index contributed by atoms with van der Waals surface area (Å²) in [4.78, 5) is 17.9. The molecule has 0 unspecified atom stereocenters. The number of aromatic nitrogens is 1. The number of fused-ring (bicyclic) bond motifs is 2. The molecule has 0 radical (unpaired) electrons. The molecule has 1 saturated carbocycles. The van der Waals surface area contributed by atoms with Gasteiger partial charge in [-0.25, -0.2) is 0 Å². The predicted octanol–water partition coefficient (Wildman–Crippen LogP) is 4.38. The summed E-state index contributed by atoms with van der Waals surface area (Å²) in [6.07, 6.45) is 4.99. The van der Waals surface area contributed by atoms with Gasteiger partial charge in [-0.05, 0) is 66.5 Å². The Bertz CT molecular complexity index is 1190. The van der Waals surface area contributed by atoms with Gasteiger partial charge in [0.05, 0.1) is 4.70 Å². The van der Waals surface area contributed by atoms with Crippen LogP contribution < -0.4 is 19.7 Å². The quantitative estimate of drug-likeness (QED) is 0.551. The molecule has 1 saturated heterocycles. The third-order valence-corrected chi connectivity index (χ3v) is 8.57. The molecule has 3 aromatic rings. The fraction of sp³-hybridized carbons (Fsp3) is 0.481. The Hall–Kier alpha value is -2.84. The van der Waals surface area contributed by atoms with Gasteiger partial charge in [0.15, 0.2) is 11.5 Å². The van der Waals surface area contributed by atoms with Crippen LogP contribution in [0.15, 0.2) is 42.5 Å². The number of piperazine rings is 1. The van der Waals surface area contributed by atoms with Crippen LogP contribution in [0.3, 0.4) is 0 Å². The summed E-state index contributed by atoms with van der Waals surface area (Å²) in [6, 6.07) is 13.9. The average Bonchev–Trinajstić information content (AvgIpc) is 3.55.